The monoisotopic (exact) mass is 327 g/mol. The summed E-state index contributed by atoms with van der Waals surface area (Å²) in [5.41, 5.74) is 5.24. The van der Waals surface area contributed by atoms with Crippen molar-refractivity contribution in [3.05, 3.63) is 53.6 Å². The van der Waals surface area contributed by atoms with E-state index in [9.17, 15) is 4.79 Å². The van der Waals surface area contributed by atoms with Gasteiger partial charge in [-0.25, -0.2) is 5.43 Å². The summed E-state index contributed by atoms with van der Waals surface area (Å²) in [5.74, 6) is 0.929. The number of carbonyl (C=O) groups excluding carboxylic acids is 1. The van der Waals surface area contributed by atoms with Crippen LogP contribution >= 0.6 is 0 Å². The topological polar surface area (TPSA) is 72.0 Å². The number of para-hydroxylation sites is 1. The van der Waals surface area contributed by atoms with Crippen LogP contribution in [-0.2, 0) is 4.79 Å². The molecule has 0 spiro atoms. The Balaban J connectivity index is 1.89. The molecule has 0 heterocycles. The van der Waals surface area contributed by atoms with Crippen molar-refractivity contribution in [3.63, 3.8) is 0 Å². The Kier molecular flexibility index (Phi) is 6.19. The summed E-state index contributed by atoms with van der Waals surface area (Å²) in [4.78, 5) is 11.8. The summed E-state index contributed by atoms with van der Waals surface area (Å²) in [7, 11) is 3.12. The molecule has 0 fully saturated rings. The van der Waals surface area contributed by atoms with Crippen molar-refractivity contribution in [3.8, 4) is 11.5 Å². The zero-order valence-corrected chi connectivity index (χ0v) is 14.0. The van der Waals surface area contributed by atoms with E-state index in [1.165, 1.54) is 11.8 Å². The fourth-order valence-corrected chi connectivity index (χ4v) is 2.08. The molecular weight excluding hydrogens is 306 g/mol. The first kappa shape index (κ1) is 17.3. The Bertz CT molecular complexity index is 712. The number of carbonyl (C=O) groups is 1. The van der Waals surface area contributed by atoms with Gasteiger partial charge in [-0.2, -0.15) is 5.10 Å². The molecule has 0 radical (unpaired) electrons. The van der Waals surface area contributed by atoms with Crippen molar-refractivity contribution in [2.75, 3.05) is 26.1 Å². The summed E-state index contributed by atoms with van der Waals surface area (Å²) < 4.78 is 10.5. The zero-order chi connectivity index (χ0) is 17.4. The van der Waals surface area contributed by atoms with Crippen LogP contribution in [0.5, 0.6) is 11.5 Å². The number of methoxy groups -OCH3 is 2. The first-order valence-electron chi connectivity index (χ1n) is 7.47. The summed E-state index contributed by atoms with van der Waals surface area (Å²) >= 11 is 0. The Morgan fingerprint density at radius 3 is 2.54 bits per heavy atom. The van der Waals surface area contributed by atoms with Crippen LogP contribution in [0.2, 0.25) is 0 Å². The van der Waals surface area contributed by atoms with Gasteiger partial charge in [0.05, 0.1) is 27.0 Å². The van der Waals surface area contributed by atoms with E-state index in [4.69, 9.17) is 9.47 Å². The predicted molar refractivity (Wildman–Crippen MR) is 95.0 cm³/mol. The van der Waals surface area contributed by atoms with Crippen molar-refractivity contribution in [1.29, 1.82) is 0 Å². The summed E-state index contributed by atoms with van der Waals surface area (Å²) in [6, 6.07) is 13.2. The predicted octanol–water partition coefficient (Wildman–Crippen LogP) is 2.57. The van der Waals surface area contributed by atoms with E-state index < -0.39 is 0 Å². The minimum atomic E-state index is -0.242. The van der Waals surface area contributed by atoms with Crippen molar-refractivity contribution >= 4 is 17.8 Å². The number of aryl methyl sites for hydroxylation is 1. The Morgan fingerprint density at radius 2 is 1.88 bits per heavy atom. The highest BCUT2D eigenvalue weighted by Gasteiger charge is 2.07. The number of hydrogen-bond acceptors (Lipinski definition) is 5. The van der Waals surface area contributed by atoms with Gasteiger partial charge in [0.15, 0.2) is 11.5 Å². The molecule has 0 unspecified atom stereocenters. The van der Waals surface area contributed by atoms with Crippen LogP contribution in [0.1, 0.15) is 11.1 Å². The summed E-state index contributed by atoms with van der Waals surface area (Å²) in [6.45, 7) is 2.15. The van der Waals surface area contributed by atoms with Gasteiger partial charge < -0.3 is 14.8 Å². The molecule has 2 aromatic carbocycles. The lowest BCUT2D eigenvalue weighted by Gasteiger charge is -2.09. The van der Waals surface area contributed by atoms with Crippen molar-refractivity contribution in [1.82, 2.24) is 5.43 Å². The molecule has 2 aromatic rings. The molecule has 0 bridgehead atoms. The van der Waals surface area contributed by atoms with E-state index in [0.717, 1.165) is 5.69 Å². The molecule has 0 saturated carbocycles. The van der Waals surface area contributed by atoms with Crippen LogP contribution in [0, 0.1) is 6.92 Å². The summed E-state index contributed by atoms with van der Waals surface area (Å²) in [5, 5.41) is 6.98. The van der Waals surface area contributed by atoms with E-state index in [1.54, 1.807) is 20.3 Å². The van der Waals surface area contributed by atoms with Gasteiger partial charge >= 0.3 is 0 Å². The van der Waals surface area contributed by atoms with Gasteiger partial charge in [0.2, 0.25) is 0 Å². The van der Waals surface area contributed by atoms with E-state index in [0.29, 0.717) is 17.1 Å². The maximum Gasteiger partial charge on any atom is 0.259 e. The molecule has 0 aromatic heterocycles. The third-order valence-corrected chi connectivity index (χ3v) is 3.33. The SMILES string of the molecule is COc1cccc(C=NNC(=O)CNc2ccc(C)cc2)c1OC. The van der Waals surface area contributed by atoms with E-state index in [-0.39, 0.29) is 12.5 Å². The molecular formula is C18H21N3O3. The van der Waals surface area contributed by atoms with Crippen LogP contribution in [-0.4, -0.2) is 32.9 Å². The fourth-order valence-electron chi connectivity index (χ4n) is 2.08. The third kappa shape index (κ3) is 4.74. The number of ether oxygens (including phenoxy) is 2. The highest BCUT2D eigenvalue weighted by Crippen LogP contribution is 2.29. The number of hydrogen-bond donors (Lipinski definition) is 2. The Labute approximate surface area is 141 Å². The molecule has 2 N–H and O–H groups in total. The Hall–Kier alpha value is -3.02. The molecule has 0 aliphatic carbocycles. The van der Waals surface area contributed by atoms with Gasteiger partial charge in [-0.3, -0.25) is 4.79 Å². The van der Waals surface area contributed by atoms with Gasteiger partial charge in [-0.05, 0) is 31.2 Å². The minimum Gasteiger partial charge on any atom is -0.493 e. The van der Waals surface area contributed by atoms with Crippen LogP contribution in [0.25, 0.3) is 0 Å². The Morgan fingerprint density at radius 1 is 1.12 bits per heavy atom. The number of anilines is 1. The van der Waals surface area contributed by atoms with Crippen LogP contribution in [0.3, 0.4) is 0 Å². The first-order chi connectivity index (χ1) is 11.6. The van der Waals surface area contributed by atoms with Crippen molar-refractivity contribution < 1.29 is 14.3 Å². The molecule has 126 valence electrons. The lowest BCUT2D eigenvalue weighted by molar-refractivity contribution is -0.119. The molecule has 6 nitrogen and oxygen atoms in total. The quantitative estimate of drug-likeness (QED) is 0.606. The molecule has 6 heteroatoms. The van der Waals surface area contributed by atoms with Gasteiger partial charge in [-0.15, -0.1) is 0 Å². The largest absolute Gasteiger partial charge is 0.493 e. The second-order valence-electron chi connectivity index (χ2n) is 5.10. The number of nitrogens with one attached hydrogen (secondary N) is 2. The molecule has 24 heavy (non-hydrogen) atoms. The number of hydrazone groups is 1. The molecule has 0 aliphatic rings. The molecule has 0 saturated heterocycles. The second kappa shape index (κ2) is 8.57. The highest BCUT2D eigenvalue weighted by atomic mass is 16.5. The average Bonchev–Trinajstić information content (AvgIpc) is 2.61. The van der Waals surface area contributed by atoms with Crippen LogP contribution in [0.4, 0.5) is 5.69 Å². The molecule has 1 amide bonds. The van der Waals surface area contributed by atoms with Gasteiger partial charge in [0, 0.05) is 11.3 Å². The maximum absolute atomic E-state index is 11.8. The zero-order valence-electron chi connectivity index (χ0n) is 14.0. The number of nitrogens with zero attached hydrogens (tertiary/aromatic N) is 1. The van der Waals surface area contributed by atoms with E-state index in [1.807, 2.05) is 43.3 Å². The fraction of sp³-hybridized carbons (Fsp3) is 0.222. The van der Waals surface area contributed by atoms with E-state index in [2.05, 4.69) is 15.8 Å². The van der Waals surface area contributed by atoms with Gasteiger partial charge in [-0.1, -0.05) is 23.8 Å². The van der Waals surface area contributed by atoms with Crippen LogP contribution < -0.4 is 20.2 Å². The average molecular weight is 327 g/mol. The first-order valence-corrected chi connectivity index (χ1v) is 7.47. The minimum absolute atomic E-state index is 0.135. The maximum atomic E-state index is 11.8. The van der Waals surface area contributed by atoms with Crippen LogP contribution in [0.15, 0.2) is 47.6 Å². The molecule has 0 aliphatic heterocycles. The highest BCUT2D eigenvalue weighted by molar-refractivity contribution is 5.87. The van der Waals surface area contributed by atoms with Crippen molar-refractivity contribution in [2.24, 2.45) is 5.10 Å². The normalized spacial score (nSPS) is 10.5. The van der Waals surface area contributed by atoms with E-state index >= 15 is 0 Å². The second-order valence-corrected chi connectivity index (χ2v) is 5.10. The number of benzene rings is 2. The van der Waals surface area contributed by atoms with Gasteiger partial charge in [0.25, 0.3) is 5.91 Å². The lowest BCUT2D eigenvalue weighted by atomic mass is 10.2. The number of rotatable bonds is 7. The van der Waals surface area contributed by atoms with Crippen molar-refractivity contribution in [2.45, 2.75) is 6.92 Å². The molecule has 2 rings (SSSR count). The molecule has 0 atom stereocenters. The number of amides is 1. The third-order valence-electron chi connectivity index (χ3n) is 3.33. The lowest BCUT2D eigenvalue weighted by Crippen LogP contribution is -2.25. The summed E-state index contributed by atoms with van der Waals surface area (Å²) in [6.07, 6.45) is 1.52. The van der Waals surface area contributed by atoms with Gasteiger partial charge in [0.1, 0.15) is 0 Å². The standard InChI is InChI=1S/C18H21N3O3/c1-13-7-9-15(10-8-13)19-12-17(22)21-20-11-14-5-4-6-16(23-2)18(14)24-3/h4-11,19H,12H2,1-3H3,(H,21,22). The smallest absolute Gasteiger partial charge is 0.259 e.